The summed E-state index contributed by atoms with van der Waals surface area (Å²) in [6, 6.07) is 0. The lowest BCUT2D eigenvalue weighted by molar-refractivity contribution is 0.592. The third-order valence-electron chi connectivity index (χ3n) is 2.78. The molecule has 1 aliphatic carbocycles. The first-order valence-corrected chi connectivity index (χ1v) is 5.96. The average Bonchev–Trinajstić information content (AvgIpc) is 2.83. The molecule has 1 N–H and O–H groups in total. The van der Waals surface area contributed by atoms with Crippen molar-refractivity contribution in [3.05, 3.63) is 42.5 Å². The van der Waals surface area contributed by atoms with Crippen LogP contribution in [0.25, 0.3) is 0 Å². The molecule has 1 aliphatic rings. The maximum absolute atomic E-state index is 4.02. The molecular formula is C13H19N3. The fourth-order valence-electron chi connectivity index (χ4n) is 1.85. The number of nitrogens with one attached hydrogen (secondary N) is 1. The molecule has 16 heavy (non-hydrogen) atoms. The van der Waals surface area contributed by atoms with Crippen LogP contribution in [0.15, 0.2) is 42.5 Å². The molecule has 1 heterocycles. The summed E-state index contributed by atoms with van der Waals surface area (Å²) in [5.41, 5.74) is 1.52. The summed E-state index contributed by atoms with van der Waals surface area (Å²) in [5.74, 6) is 0. The summed E-state index contributed by atoms with van der Waals surface area (Å²) < 4.78 is 2.12. The molecule has 0 saturated carbocycles. The molecule has 0 aliphatic heterocycles. The molecule has 0 unspecified atom stereocenters. The largest absolute Gasteiger partial charge is 0.337 e. The van der Waals surface area contributed by atoms with Gasteiger partial charge >= 0.3 is 0 Å². The van der Waals surface area contributed by atoms with E-state index >= 15 is 0 Å². The molecular weight excluding hydrogens is 198 g/mol. The van der Waals surface area contributed by atoms with E-state index in [-0.39, 0.29) is 0 Å². The fourth-order valence-corrected chi connectivity index (χ4v) is 1.85. The smallest absolute Gasteiger partial charge is 0.0945 e. The highest BCUT2D eigenvalue weighted by Crippen LogP contribution is 2.09. The Bertz CT molecular complexity index is 349. The van der Waals surface area contributed by atoms with E-state index in [0.29, 0.717) is 0 Å². The quantitative estimate of drug-likeness (QED) is 0.740. The molecule has 1 aromatic rings. The third-order valence-corrected chi connectivity index (χ3v) is 2.78. The van der Waals surface area contributed by atoms with Gasteiger partial charge in [0, 0.05) is 25.5 Å². The highest BCUT2D eigenvalue weighted by atomic mass is 15.0. The van der Waals surface area contributed by atoms with Crippen LogP contribution in [-0.2, 0) is 6.54 Å². The highest BCUT2D eigenvalue weighted by Gasteiger charge is 1.98. The van der Waals surface area contributed by atoms with E-state index in [1.165, 1.54) is 18.4 Å². The third kappa shape index (κ3) is 3.66. The van der Waals surface area contributed by atoms with Crippen LogP contribution in [0.4, 0.5) is 0 Å². The van der Waals surface area contributed by atoms with E-state index in [2.05, 4.69) is 33.1 Å². The van der Waals surface area contributed by atoms with Gasteiger partial charge in [0.25, 0.3) is 0 Å². The van der Waals surface area contributed by atoms with Crippen LogP contribution in [-0.4, -0.2) is 22.6 Å². The van der Waals surface area contributed by atoms with Crippen molar-refractivity contribution < 1.29 is 0 Å². The Morgan fingerprint density at radius 1 is 1.44 bits per heavy atom. The summed E-state index contributed by atoms with van der Waals surface area (Å²) >= 11 is 0. The van der Waals surface area contributed by atoms with Crippen molar-refractivity contribution in [2.24, 2.45) is 0 Å². The summed E-state index contributed by atoms with van der Waals surface area (Å²) in [5, 5.41) is 3.48. The second kappa shape index (κ2) is 6.28. The number of allylic oxidation sites excluding steroid dienone is 3. The van der Waals surface area contributed by atoms with E-state index in [0.717, 1.165) is 26.1 Å². The Morgan fingerprint density at radius 3 is 3.19 bits per heavy atom. The Balaban J connectivity index is 1.55. The highest BCUT2D eigenvalue weighted by molar-refractivity contribution is 5.18. The van der Waals surface area contributed by atoms with Crippen LogP contribution in [0.3, 0.4) is 0 Å². The van der Waals surface area contributed by atoms with E-state index in [4.69, 9.17) is 0 Å². The van der Waals surface area contributed by atoms with Crippen molar-refractivity contribution in [3.63, 3.8) is 0 Å². The number of nitrogens with zero attached hydrogens (tertiary/aromatic N) is 2. The number of aromatic nitrogens is 2. The average molecular weight is 217 g/mol. The predicted molar refractivity (Wildman–Crippen MR) is 66.2 cm³/mol. The Kier molecular flexibility index (Phi) is 4.37. The first-order chi connectivity index (χ1) is 7.95. The SMILES string of the molecule is C1=CCCC(CNCCCn2ccnc2)=C1. The molecule has 0 bridgehead atoms. The van der Waals surface area contributed by atoms with Gasteiger partial charge < -0.3 is 9.88 Å². The van der Waals surface area contributed by atoms with Gasteiger partial charge in [-0.05, 0) is 25.8 Å². The van der Waals surface area contributed by atoms with Crippen LogP contribution < -0.4 is 5.32 Å². The molecule has 1 aromatic heterocycles. The first kappa shape index (κ1) is 11.1. The monoisotopic (exact) mass is 217 g/mol. The van der Waals surface area contributed by atoms with Crippen LogP contribution in [0, 0.1) is 0 Å². The number of imidazole rings is 1. The molecule has 86 valence electrons. The van der Waals surface area contributed by atoms with Gasteiger partial charge in [-0.2, -0.15) is 0 Å². The number of hydrogen-bond donors (Lipinski definition) is 1. The number of rotatable bonds is 6. The topological polar surface area (TPSA) is 29.9 Å². The lowest BCUT2D eigenvalue weighted by atomic mass is 10.1. The van der Waals surface area contributed by atoms with Crippen molar-refractivity contribution in [2.75, 3.05) is 13.1 Å². The minimum atomic E-state index is 1.04. The van der Waals surface area contributed by atoms with E-state index in [1.807, 2.05) is 18.7 Å². The molecule has 3 heteroatoms. The van der Waals surface area contributed by atoms with Gasteiger partial charge in [0.1, 0.15) is 0 Å². The van der Waals surface area contributed by atoms with Gasteiger partial charge in [-0.1, -0.05) is 23.8 Å². The zero-order valence-electron chi connectivity index (χ0n) is 9.60. The van der Waals surface area contributed by atoms with E-state index in [9.17, 15) is 0 Å². The van der Waals surface area contributed by atoms with Gasteiger partial charge in [0.15, 0.2) is 0 Å². The van der Waals surface area contributed by atoms with E-state index < -0.39 is 0 Å². The van der Waals surface area contributed by atoms with Gasteiger partial charge in [0.05, 0.1) is 6.33 Å². The maximum atomic E-state index is 4.02. The summed E-state index contributed by atoms with van der Waals surface area (Å²) in [4.78, 5) is 4.02. The van der Waals surface area contributed by atoms with E-state index in [1.54, 1.807) is 0 Å². The molecule has 0 fully saturated rings. The molecule has 0 aromatic carbocycles. The van der Waals surface area contributed by atoms with Crippen LogP contribution in [0.5, 0.6) is 0 Å². The summed E-state index contributed by atoms with van der Waals surface area (Å²) in [6.07, 6.45) is 15.9. The fraction of sp³-hybridized carbons (Fsp3) is 0.462. The molecule has 3 nitrogen and oxygen atoms in total. The molecule has 2 rings (SSSR count). The van der Waals surface area contributed by atoms with Gasteiger partial charge in [-0.25, -0.2) is 4.98 Å². The minimum absolute atomic E-state index is 1.04. The number of aryl methyl sites for hydroxylation is 1. The molecule has 0 radical (unpaired) electrons. The van der Waals surface area contributed by atoms with Crippen molar-refractivity contribution in [2.45, 2.75) is 25.8 Å². The lowest BCUT2D eigenvalue weighted by Crippen LogP contribution is -2.20. The molecule has 0 saturated heterocycles. The van der Waals surface area contributed by atoms with Gasteiger partial charge in [0.2, 0.25) is 0 Å². The van der Waals surface area contributed by atoms with Crippen molar-refractivity contribution in [1.29, 1.82) is 0 Å². The Morgan fingerprint density at radius 2 is 2.44 bits per heavy atom. The second-order valence-corrected chi connectivity index (χ2v) is 4.12. The van der Waals surface area contributed by atoms with Crippen LogP contribution >= 0.6 is 0 Å². The Labute approximate surface area is 96.9 Å². The predicted octanol–water partition coefficient (Wildman–Crippen LogP) is 2.14. The first-order valence-electron chi connectivity index (χ1n) is 5.96. The minimum Gasteiger partial charge on any atom is -0.337 e. The normalized spacial score (nSPS) is 15.1. The molecule has 0 spiro atoms. The summed E-state index contributed by atoms with van der Waals surface area (Å²) in [7, 11) is 0. The standard InChI is InChI=1S/C13H19N3/c1-2-5-13(6-3-1)11-14-7-4-9-16-10-8-15-12-16/h1-2,5,8,10,12,14H,3-4,6-7,9,11H2. The second-order valence-electron chi connectivity index (χ2n) is 4.12. The lowest BCUT2D eigenvalue weighted by Gasteiger charge is -2.10. The number of hydrogen-bond acceptors (Lipinski definition) is 2. The zero-order chi connectivity index (χ0) is 11.1. The van der Waals surface area contributed by atoms with Crippen LogP contribution in [0.1, 0.15) is 19.3 Å². The van der Waals surface area contributed by atoms with Crippen molar-refractivity contribution >= 4 is 0 Å². The Hall–Kier alpha value is -1.35. The summed E-state index contributed by atoms with van der Waals surface area (Å²) in [6.45, 7) is 3.15. The molecule has 0 atom stereocenters. The zero-order valence-corrected chi connectivity index (χ0v) is 9.60. The maximum Gasteiger partial charge on any atom is 0.0945 e. The van der Waals surface area contributed by atoms with Crippen molar-refractivity contribution in [3.8, 4) is 0 Å². The van der Waals surface area contributed by atoms with Crippen LogP contribution in [0.2, 0.25) is 0 Å². The van der Waals surface area contributed by atoms with Gasteiger partial charge in [-0.15, -0.1) is 0 Å². The molecule has 0 amide bonds. The van der Waals surface area contributed by atoms with Gasteiger partial charge in [-0.3, -0.25) is 0 Å². The van der Waals surface area contributed by atoms with Crippen molar-refractivity contribution in [1.82, 2.24) is 14.9 Å².